The fraction of sp³-hybridized carbons (Fsp3) is 0.938. The number of ether oxygens (including phenoxy) is 1. The molecule has 3 rings (SSSR count). The summed E-state index contributed by atoms with van der Waals surface area (Å²) in [5.74, 6) is 1.98. The maximum Gasteiger partial charge on any atom is 0.193 e. The Morgan fingerprint density at radius 1 is 1.19 bits per heavy atom. The molecule has 3 aliphatic rings. The Hall–Kier alpha value is -0.810. The lowest BCUT2D eigenvalue weighted by Gasteiger charge is -2.32. The third-order valence-corrected chi connectivity index (χ3v) is 5.08. The van der Waals surface area contributed by atoms with Crippen LogP contribution in [0, 0.1) is 5.92 Å². The van der Waals surface area contributed by atoms with E-state index in [1.165, 1.54) is 25.7 Å². The number of nitrogens with zero attached hydrogens (tertiary/aromatic N) is 3. The Balaban J connectivity index is 1.53. The number of morpholine rings is 1. The predicted molar refractivity (Wildman–Crippen MR) is 85.7 cm³/mol. The largest absolute Gasteiger partial charge is 0.379 e. The number of rotatable bonds is 4. The smallest absolute Gasteiger partial charge is 0.193 e. The van der Waals surface area contributed by atoms with Crippen molar-refractivity contribution in [2.45, 2.75) is 38.6 Å². The number of aliphatic imine (C=N–C) groups is 1. The van der Waals surface area contributed by atoms with Gasteiger partial charge in [0.05, 0.1) is 13.2 Å². The molecule has 0 aromatic rings. The molecule has 0 aromatic heterocycles. The lowest BCUT2D eigenvalue weighted by molar-refractivity contribution is 0.0195. The van der Waals surface area contributed by atoms with E-state index in [4.69, 9.17) is 9.73 Å². The van der Waals surface area contributed by atoms with Crippen molar-refractivity contribution >= 4 is 5.96 Å². The molecule has 0 aromatic carbocycles. The molecule has 1 atom stereocenters. The number of hydrogen-bond acceptors (Lipinski definition) is 3. The summed E-state index contributed by atoms with van der Waals surface area (Å²) in [6.07, 6.45) is 5.41. The summed E-state index contributed by atoms with van der Waals surface area (Å²) in [4.78, 5) is 9.94. The van der Waals surface area contributed by atoms with Gasteiger partial charge in [0, 0.05) is 45.3 Å². The van der Waals surface area contributed by atoms with E-state index in [2.05, 4.69) is 22.0 Å². The van der Waals surface area contributed by atoms with Gasteiger partial charge >= 0.3 is 0 Å². The summed E-state index contributed by atoms with van der Waals surface area (Å²) in [7, 11) is 0. The van der Waals surface area contributed by atoms with Crippen molar-refractivity contribution in [2.24, 2.45) is 10.9 Å². The van der Waals surface area contributed by atoms with Crippen molar-refractivity contribution in [1.82, 2.24) is 15.1 Å². The summed E-state index contributed by atoms with van der Waals surface area (Å²) in [5.41, 5.74) is 0. The standard InChI is InChI=1S/C16H30N4O/c1-2-17-16(18-12-14-4-3-5-14)20-7-6-15(13-20)19-8-10-21-11-9-19/h14-15H,2-13H2,1H3,(H,17,18). The minimum Gasteiger partial charge on any atom is -0.379 e. The van der Waals surface area contributed by atoms with Gasteiger partial charge in [0.15, 0.2) is 5.96 Å². The second kappa shape index (κ2) is 7.45. The van der Waals surface area contributed by atoms with Gasteiger partial charge in [0.1, 0.15) is 0 Å². The molecule has 0 amide bonds. The van der Waals surface area contributed by atoms with Crippen LogP contribution < -0.4 is 5.32 Å². The number of likely N-dealkylation sites (tertiary alicyclic amines) is 1. The van der Waals surface area contributed by atoms with Gasteiger partial charge in [-0.25, -0.2) is 0 Å². The molecule has 1 N–H and O–H groups in total. The highest BCUT2D eigenvalue weighted by atomic mass is 16.5. The zero-order valence-electron chi connectivity index (χ0n) is 13.4. The molecule has 3 fully saturated rings. The van der Waals surface area contributed by atoms with Crippen LogP contribution in [0.4, 0.5) is 0 Å². The van der Waals surface area contributed by atoms with Gasteiger partial charge in [0.2, 0.25) is 0 Å². The summed E-state index contributed by atoms with van der Waals surface area (Å²) >= 11 is 0. The van der Waals surface area contributed by atoms with Crippen LogP contribution in [0.1, 0.15) is 32.6 Å². The molecular formula is C16H30N4O. The molecular weight excluding hydrogens is 264 g/mol. The van der Waals surface area contributed by atoms with Gasteiger partial charge in [-0.1, -0.05) is 6.42 Å². The van der Waals surface area contributed by atoms with E-state index in [0.29, 0.717) is 6.04 Å². The minimum atomic E-state index is 0.682. The van der Waals surface area contributed by atoms with Gasteiger partial charge in [-0.3, -0.25) is 9.89 Å². The first-order valence-electron chi connectivity index (χ1n) is 8.72. The molecule has 120 valence electrons. The summed E-state index contributed by atoms with van der Waals surface area (Å²) in [6.45, 7) is 10.4. The topological polar surface area (TPSA) is 40.1 Å². The van der Waals surface area contributed by atoms with Gasteiger partial charge in [-0.2, -0.15) is 0 Å². The number of nitrogens with one attached hydrogen (secondary N) is 1. The van der Waals surface area contributed by atoms with Crippen molar-refractivity contribution in [3.05, 3.63) is 0 Å². The first-order chi connectivity index (χ1) is 10.4. The Bertz CT molecular complexity index is 350. The first-order valence-corrected chi connectivity index (χ1v) is 8.72. The van der Waals surface area contributed by atoms with E-state index in [0.717, 1.165) is 64.4 Å². The summed E-state index contributed by atoms with van der Waals surface area (Å²) < 4.78 is 5.46. The van der Waals surface area contributed by atoms with E-state index < -0.39 is 0 Å². The first kappa shape index (κ1) is 15.1. The predicted octanol–water partition coefficient (Wildman–Crippen LogP) is 1.16. The molecule has 2 aliphatic heterocycles. The van der Waals surface area contributed by atoms with Gasteiger partial charge < -0.3 is 15.0 Å². The van der Waals surface area contributed by atoms with Crippen LogP contribution in [0.2, 0.25) is 0 Å². The Morgan fingerprint density at radius 2 is 2.00 bits per heavy atom. The quantitative estimate of drug-likeness (QED) is 0.624. The van der Waals surface area contributed by atoms with Crippen molar-refractivity contribution in [3.63, 3.8) is 0 Å². The van der Waals surface area contributed by atoms with Crippen molar-refractivity contribution < 1.29 is 4.74 Å². The maximum atomic E-state index is 5.46. The average molecular weight is 294 g/mol. The van der Waals surface area contributed by atoms with Crippen LogP contribution in [-0.2, 0) is 4.74 Å². The molecule has 1 aliphatic carbocycles. The fourth-order valence-electron chi connectivity index (χ4n) is 3.49. The molecule has 5 nitrogen and oxygen atoms in total. The number of guanidine groups is 1. The second-order valence-corrected chi connectivity index (χ2v) is 6.53. The van der Waals surface area contributed by atoms with Gasteiger partial charge in [0.25, 0.3) is 0 Å². The maximum absolute atomic E-state index is 5.46. The lowest BCUT2D eigenvalue weighted by atomic mass is 9.86. The van der Waals surface area contributed by atoms with Crippen molar-refractivity contribution in [3.8, 4) is 0 Å². The van der Waals surface area contributed by atoms with Gasteiger partial charge in [-0.05, 0) is 32.1 Å². The molecule has 2 saturated heterocycles. The SMILES string of the molecule is CCNC(=NCC1CCC1)N1CCC(N2CCOCC2)C1. The van der Waals surface area contributed by atoms with E-state index >= 15 is 0 Å². The number of hydrogen-bond donors (Lipinski definition) is 1. The van der Waals surface area contributed by atoms with E-state index in [1.54, 1.807) is 0 Å². The van der Waals surface area contributed by atoms with Gasteiger partial charge in [-0.15, -0.1) is 0 Å². The zero-order chi connectivity index (χ0) is 14.5. The van der Waals surface area contributed by atoms with E-state index in [1.807, 2.05) is 0 Å². The molecule has 5 heteroatoms. The Kier molecular flexibility index (Phi) is 5.36. The second-order valence-electron chi connectivity index (χ2n) is 6.53. The van der Waals surface area contributed by atoms with Crippen LogP contribution >= 0.6 is 0 Å². The van der Waals surface area contributed by atoms with Crippen molar-refractivity contribution in [1.29, 1.82) is 0 Å². The molecule has 1 unspecified atom stereocenters. The minimum absolute atomic E-state index is 0.682. The molecule has 0 bridgehead atoms. The molecule has 1 saturated carbocycles. The highest BCUT2D eigenvalue weighted by Gasteiger charge is 2.30. The Labute approximate surface area is 128 Å². The van der Waals surface area contributed by atoms with Crippen LogP contribution in [0.15, 0.2) is 4.99 Å². The van der Waals surface area contributed by atoms with Crippen LogP contribution in [0.3, 0.4) is 0 Å². The van der Waals surface area contributed by atoms with Crippen LogP contribution in [0.5, 0.6) is 0 Å². The monoisotopic (exact) mass is 294 g/mol. The lowest BCUT2D eigenvalue weighted by Crippen LogP contribution is -2.46. The van der Waals surface area contributed by atoms with E-state index in [-0.39, 0.29) is 0 Å². The summed E-state index contributed by atoms with van der Waals surface area (Å²) in [5, 5.41) is 3.48. The molecule has 0 radical (unpaired) electrons. The highest BCUT2D eigenvalue weighted by Crippen LogP contribution is 2.26. The summed E-state index contributed by atoms with van der Waals surface area (Å²) in [6, 6.07) is 0.682. The van der Waals surface area contributed by atoms with Crippen LogP contribution in [-0.4, -0.2) is 74.3 Å². The molecule has 2 heterocycles. The average Bonchev–Trinajstić information content (AvgIpc) is 2.95. The van der Waals surface area contributed by atoms with Crippen molar-refractivity contribution in [2.75, 3.05) is 52.5 Å². The molecule has 0 spiro atoms. The third-order valence-electron chi connectivity index (χ3n) is 5.08. The normalized spacial score (nSPS) is 28.7. The molecule has 21 heavy (non-hydrogen) atoms. The van der Waals surface area contributed by atoms with E-state index in [9.17, 15) is 0 Å². The third kappa shape index (κ3) is 3.89. The Morgan fingerprint density at radius 3 is 2.67 bits per heavy atom. The van der Waals surface area contributed by atoms with Crippen LogP contribution in [0.25, 0.3) is 0 Å². The zero-order valence-corrected chi connectivity index (χ0v) is 13.4. The highest BCUT2D eigenvalue weighted by molar-refractivity contribution is 5.80. The fourth-order valence-corrected chi connectivity index (χ4v) is 3.49.